The first-order chi connectivity index (χ1) is 14.7. The van der Waals surface area contributed by atoms with Crippen molar-refractivity contribution in [2.24, 2.45) is 5.92 Å². The molecule has 7 heteroatoms. The van der Waals surface area contributed by atoms with E-state index in [2.05, 4.69) is 32.5 Å². The highest BCUT2D eigenvalue weighted by Crippen LogP contribution is 2.24. The molecule has 1 aromatic carbocycles. The van der Waals surface area contributed by atoms with Crippen LogP contribution in [-0.2, 0) is 17.1 Å². The summed E-state index contributed by atoms with van der Waals surface area (Å²) >= 11 is 1.69. The SMILES string of the molecule is Cc1ccc(CNC(=O)C2CCN(c3ccc(SCc4ccccc4)nn3)CC2)o1. The van der Waals surface area contributed by atoms with E-state index in [1.807, 2.05) is 49.4 Å². The smallest absolute Gasteiger partial charge is 0.223 e. The molecule has 30 heavy (non-hydrogen) atoms. The van der Waals surface area contributed by atoms with Crippen LogP contribution in [0.2, 0.25) is 0 Å². The van der Waals surface area contributed by atoms with E-state index in [9.17, 15) is 4.79 Å². The van der Waals surface area contributed by atoms with Crippen molar-refractivity contribution in [3.8, 4) is 0 Å². The van der Waals surface area contributed by atoms with Crippen LogP contribution in [0, 0.1) is 12.8 Å². The average Bonchev–Trinajstić information content (AvgIpc) is 3.22. The molecule has 3 heterocycles. The van der Waals surface area contributed by atoms with Crippen molar-refractivity contribution in [1.29, 1.82) is 0 Å². The van der Waals surface area contributed by atoms with Gasteiger partial charge in [0.2, 0.25) is 5.91 Å². The molecule has 6 nitrogen and oxygen atoms in total. The molecule has 0 unspecified atom stereocenters. The van der Waals surface area contributed by atoms with Gasteiger partial charge in [-0.1, -0.05) is 42.1 Å². The summed E-state index contributed by atoms with van der Waals surface area (Å²) < 4.78 is 5.51. The molecule has 1 fully saturated rings. The number of carbonyl (C=O) groups excluding carboxylic acids is 1. The molecule has 1 N–H and O–H groups in total. The molecule has 0 aliphatic carbocycles. The monoisotopic (exact) mass is 422 g/mol. The van der Waals surface area contributed by atoms with E-state index in [0.29, 0.717) is 6.54 Å². The Balaban J connectivity index is 1.23. The van der Waals surface area contributed by atoms with Gasteiger partial charge in [0, 0.05) is 24.8 Å². The number of anilines is 1. The Morgan fingerprint density at radius 2 is 1.90 bits per heavy atom. The molecule has 0 bridgehead atoms. The first-order valence-electron chi connectivity index (χ1n) is 10.3. The van der Waals surface area contributed by atoms with Gasteiger partial charge in [-0.05, 0) is 49.6 Å². The lowest BCUT2D eigenvalue weighted by Crippen LogP contribution is -2.40. The number of thioether (sulfide) groups is 1. The molecule has 1 aliphatic heterocycles. The molecule has 1 amide bonds. The minimum Gasteiger partial charge on any atom is -0.465 e. The first-order valence-corrected chi connectivity index (χ1v) is 11.2. The second-order valence-electron chi connectivity index (χ2n) is 7.50. The third kappa shape index (κ3) is 5.42. The van der Waals surface area contributed by atoms with Gasteiger partial charge in [0.1, 0.15) is 16.5 Å². The Labute approximate surface area is 181 Å². The summed E-state index contributed by atoms with van der Waals surface area (Å²) in [5, 5.41) is 12.7. The standard InChI is InChI=1S/C23H26N4O2S/c1-17-7-8-20(29-17)15-24-23(28)19-11-13-27(14-12-19)21-9-10-22(26-25-21)30-16-18-5-3-2-4-6-18/h2-10,19H,11-16H2,1H3,(H,24,28). The number of aromatic nitrogens is 2. The zero-order valence-corrected chi connectivity index (χ0v) is 17.9. The summed E-state index contributed by atoms with van der Waals surface area (Å²) in [6.07, 6.45) is 1.63. The second kappa shape index (κ2) is 9.80. The number of piperidine rings is 1. The van der Waals surface area contributed by atoms with Gasteiger partial charge in [-0.3, -0.25) is 4.79 Å². The van der Waals surface area contributed by atoms with Crippen LogP contribution < -0.4 is 10.2 Å². The molecular weight excluding hydrogens is 396 g/mol. The molecule has 0 radical (unpaired) electrons. The molecule has 2 aromatic heterocycles. The maximum atomic E-state index is 12.5. The first kappa shape index (κ1) is 20.5. The zero-order chi connectivity index (χ0) is 20.8. The van der Waals surface area contributed by atoms with E-state index in [-0.39, 0.29) is 11.8 Å². The zero-order valence-electron chi connectivity index (χ0n) is 17.1. The number of benzene rings is 1. The lowest BCUT2D eigenvalue weighted by molar-refractivity contribution is -0.125. The van der Waals surface area contributed by atoms with Gasteiger partial charge >= 0.3 is 0 Å². The van der Waals surface area contributed by atoms with Gasteiger partial charge in [-0.15, -0.1) is 10.2 Å². The van der Waals surface area contributed by atoms with Crippen LogP contribution in [0.1, 0.15) is 29.9 Å². The van der Waals surface area contributed by atoms with Crippen molar-refractivity contribution in [2.45, 2.75) is 37.1 Å². The highest BCUT2D eigenvalue weighted by atomic mass is 32.2. The fourth-order valence-corrected chi connectivity index (χ4v) is 4.33. The summed E-state index contributed by atoms with van der Waals surface area (Å²) in [6.45, 7) is 3.96. The van der Waals surface area contributed by atoms with Crippen molar-refractivity contribution >= 4 is 23.5 Å². The number of hydrogen-bond acceptors (Lipinski definition) is 6. The van der Waals surface area contributed by atoms with Crippen molar-refractivity contribution in [3.05, 3.63) is 71.7 Å². The van der Waals surface area contributed by atoms with Gasteiger partial charge in [-0.2, -0.15) is 0 Å². The molecule has 1 aliphatic rings. The Hall–Kier alpha value is -2.80. The maximum Gasteiger partial charge on any atom is 0.223 e. The van der Waals surface area contributed by atoms with Crippen LogP contribution in [0.25, 0.3) is 0 Å². The van der Waals surface area contributed by atoms with E-state index < -0.39 is 0 Å². The molecular formula is C23H26N4O2S. The van der Waals surface area contributed by atoms with E-state index in [1.54, 1.807) is 11.8 Å². The van der Waals surface area contributed by atoms with Crippen LogP contribution in [-0.4, -0.2) is 29.2 Å². The molecule has 156 valence electrons. The highest BCUT2D eigenvalue weighted by Gasteiger charge is 2.25. The van der Waals surface area contributed by atoms with Crippen molar-refractivity contribution in [3.63, 3.8) is 0 Å². The Morgan fingerprint density at radius 1 is 1.10 bits per heavy atom. The van der Waals surface area contributed by atoms with Crippen molar-refractivity contribution in [1.82, 2.24) is 15.5 Å². The largest absolute Gasteiger partial charge is 0.465 e. The highest BCUT2D eigenvalue weighted by molar-refractivity contribution is 7.98. The fourth-order valence-electron chi connectivity index (χ4n) is 3.56. The quantitative estimate of drug-likeness (QED) is 0.576. The number of furan rings is 1. The van der Waals surface area contributed by atoms with Gasteiger partial charge in [0.05, 0.1) is 6.54 Å². The lowest BCUT2D eigenvalue weighted by Gasteiger charge is -2.31. The van der Waals surface area contributed by atoms with Gasteiger partial charge < -0.3 is 14.6 Å². The number of aryl methyl sites for hydroxylation is 1. The topological polar surface area (TPSA) is 71.3 Å². The van der Waals surface area contributed by atoms with E-state index in [1.165, 1.54) is 5.56 Å². The predicted octanol–water partition coefficient (Wildman–Crippen LogP) is 4.20. The third-order valence-corrected chi connectivity index (χ3v) is 6.27. The van der Waals surface area contributed by atoms with Crippen LogP contribution in [0.3, 0.4) is 0 Å². The summed E-state index contributed by atoms with van der Waals surface area (Å²) in [4.78, 5) is 14.7. The molecule has 3 aromatic rings. The van der Waals surface area contributed by atoms with Crippen LogP contribution in [0.4, 0.5) is 5.82 Å². The number of rotatable bonds is 7. The molecule has 0 spiro atoms. The summed E-state index contributed by atoms with van der Waals surface area (Å²) in [5.41, 5.74) is 1.27. The van der Waals surface area contributed by atoms with E-state index >= 15 is 0 Å². The minimum absolute atomic E-state index is 0.0333. The fraction of sp³-hybridized carbons (Fsp3) is 0.348. The number of carbonyl (C=O) groups is 1. The lowest BCUT2D eigenvalue weighted by atomic mass is 9.96. The third-order valence-electron chi connectivity index (χ3n) is 5.28. The van der Waals surface area contributed by atoms with Crippen molar-refractivity contribution in [2.75, 3.05) is 18.0 Å². The summed E-state index contributed by atoms with van der Waals surface area (Å²) in [6, 6.07) is 18.2. The average molecular weight is 423 g/mol. The second-order valence-corrected chi connectivity index (χ2v) is 8.49. The summed E-state index contributed by atoms with van der Waals surface area (Å²) in [5.74, 6) is 3.54. The molecule has 4 rings (SSSR count). The number of nitrogens with one attached hydrogen (secondary N) is 1. The molecule has 0 saturated carbocycles. The van der Waals surface area contributed by atoms with E-state index in [4.69, 9.17) is 4.42 Å². The Bertz CT molecular complexity index is 951. The number of hydrogen-bond donors (Lipinski definition) is 1. The van der Waals surface area contributed by atoms with Crippen molar-refractivity contribution < 1.29 is 9.21 Å². The van der Waals surface area contributed by atoms with Crippen LogP contribution in [0.5, 0.6) is 0 Å². The Kier molecular flexibility index (Phi) is 6.69. The maximum absolute atomic E-state index is 12.5. The minimum atomic E-state index is 0.0333. The predicted molar refractivity (Wildman–Crippen MR) is 118 cm³/mol. The van der Waals surface area contributed by atoms with Crippen LogP contribution in [0.15, 0.2) is 64.0 Å². The normalized spacial score (nSPS) is 14.6. The van der Waals surface area contributed by atoms with Gasteiger partial charge in [0.25, 0.3) is 0 Å². The molecule has 1 saturated heterocycles. The van der Waals surface area contributed by atoms with E-state index in [0.717, 1.165) is 54.0 Å². The van der Waals surface area contributed by atoms with Gasteiger partial charge in [0.15, 0.2) is 5.82 Å². The Morgan fingerprint density at radius 3 is 2.57 bits per heavy atom. The van der Waals surface area contributed by atoms with Gasteiger partial charge in [-0.25, -0.2) is 0 Å². The van der Waals surface area contributed by atoms with Crippen LogP contribution >= 0.6 is 11.8 Å². The number of nitrogens with zero attached hydrogens (tertiary/aromatic N) is 3. The number of amides is 1. The molecule has 0 atom stereocenters. The summed E-state index contributed by atoms with van der Waals surface area (Å²) in [7, 11) is 0.